The molecule has 0 aliphatic carbocycles. The number of halogens is 1. The Morgan fingerprint density at radius 2 is 2.00 bits per heavy atom. The molecule has 0 bridgehead atoms. The number of fused-ring (bicyclic) bond motifs is 1. The van der Waals surface area contributed by atoms with Gasteiger partial charge in [-0.05, 0) is 53.6 Å². The summed E-state index contributed by atoms with van der Waals surface area (Å²) in [6.07, 6.45) is 2.26. The van der Waals surface area contributed by atoms with Crippen molar-refractivity contribution in [2.75, 3.05) is 6.61 Å². The third-order valence-electron chi connectivity index (χ3n) is 3.14. The van der Waals surface area contributed by atoms with E-state index >= 15 is 0 Å². The van der Waals surface area contributed by atoms with Crippen LogP contribution in [0.2, 0.25) is 0 Å². The van der Waals surface area contributed by atoms with Gasteiger partial charge in [-0.2, -0.15) is 0 Å². The van der Waals surface area contributed by atoms with E-state index in [9.17, 15) is 4.79 Å². The molecule has 0 aliphatic rings. The van der Waals surface area contributed by atoms with Crippen molar-refractivity contribution < 1.29 is 19.1 Å². The second kappa shape index (κ2) is 10.2. The molecule has 24 heavy (non-hydrogen) atoms. The fraction of sp³-hybridized carbons (Fsp3) is 0.412. The lowest BCUT2D eigenvalue weighted by Crippen LogP contribution is -2.12. The Kier molecular flexibility index (Phi) is 8.59. The van der Waals surface area contributed by atoms with E-state index in [0.29, 0.717) is 35.5 Å². The number of carbonyl (C=O) groups is 1. The number of primary amides is 1. The summed E-state index contributed by atoms with van der Waals surface area (Å²) in [6, 6.07) is 5.64. The van der Waals surface area contributed by atoms with E-state index in [4.69, 9.17) is 19.1 Å². The zero-order chi connectivity index (χ0) is 18.1. The number of carboxylic acid groups (broad SMARTS) is 1. The molecule has 0 saturated carbocycles. The monoisotopic (exact) mass is 447 g/mol. The average molecular weight is 447 g/mol. The standard InChI is InChI=1S/C16H19IO3.CH3NO2/c1-3-5-9-19-16-12(6-4-2)15(18)13-10-11(17)7-8-14(13)20-16;2-1(3)4/h7-8,10H,3-6,9H2,1-2H3;2H2,(H,3,4). The molecule has 2 aromatic rings. The van der Waals surface area contributed by atoms with Gasteiger partial charge in [0.2, 0.25) is 0 Å². The normalized spacial score (nSPS) is 10.1. The van der Waals surface area contributed by atoms with Gasteiger partial charge in [-0.25, -0.2) is 4.79 Å². The Hall–Kier alpha value is -1.77. The van der Waals surface area contributed by atoms with Gasteiger partial charge in [-0.3, -0.25) is 4.79 Å². The number of rotatable bonds is 6. The first-order valence-corrected chi connectivity index (χ1v) is 8.85. The predicted molar refractivity (Wildman–Crippen MR) is 102 cm³/mol. The van der Waals surface area contributed by atoms with Crippen molar-refractivity contribution in [1.82, 2.24) is 0 Å². The summed E-state index contributed by atoms with van der Waals surface area (Å²) in [5.74, 6) is 0.402. The minimum absolute atomic E-state index is 0.0399. The van der Waals surface area contributed by atoms with Crippen LogP contribution in [-0.2, 0) is 6.42 Å². The highest BCUT2D eigenvalue weighted by Gasteiger charge is 2.15. The third kappa shape index (κ3) is 6.03. The van der Waals surface area contributed by atoms with Crippen molar-refractivity contribution in [1.29, 1.82) is 0 Å². The first-order chi connectivity index (χ1) is 11.4. The zero-order valence-corrected chi connectivity index (χ0v) is 16.0. The Morgan fingerprint density at radius 3 is 2.58 bits per heavy atom. The van der Waals surface area contributed by atoms with E-state index in [-0.39, 0.29) is 5.43 Å². The molecule has 0 atom stereocenters. The van der Waals surface area contributed by atoms with E-state index in [2.05, 4.69) is 35.2 Å². The van der Waals surface area contributed by atoms with Crippen LogP contribution in [0.15, 0.2) is 27.4 Å². The molecule has 0 spiro atoms. The molecule has 132 valence electrons. The highest BCUT2D eigenvalue weighted by atomic mass is 127. The molecule has 1 amide bonds. The van der Waals surface area contributed by atoms with Crippen LogP contribution in [0.4, 0.5) is 4.79 Å². The lowest BCUT2D eigenvalue weighted by Gasteiger charge is -2.10. The molecule has 7 heteroatoms. The first-order valence-electron chi connectivity index (χ1n) is 7.77. The fourth-order valence-electron chi connectivity index (χ4n) is 2.08. The number of hydrogen-bond donors (Lipinski definition) is 2. The number of benzene rings is 1. The smallest absolute Gasteiger partial charge is 0.402 e. The number of nitrogens with two attached hydrogens (primary N) is 1. The second-order valence-electron chi connectivity index (χ2n) is 5.13. The maximum atomic E-state index is 12.6. The lowest BCUT2D eigenvalue weighted by atomic mass is 10.1. The molecule has 0 fully saturated rings. The van der Waals surface area contributed by atoms with Gasteiger partial charge in [0.05, 0.1) is 17.6 Å². The van der Waals surface area contributed by atoms with Crippen molar-refractivity contribution in [2.24, 2.45) is 5.73 Å². The molecule has 1 aromatic carbocycles. The summed E-state index contributed by atoms with van der Waals surface area (Å²) in [6.45, 7) is 4.75. The molecule has 0 radical (unpaired) electrons. The minimum atomic E-state index is -1.33. The van der Waals surface area contributed by atoms with Gasteiger partial charge in [0.15, 0.2) is 5.43 Å². The van der Waals surface area contributed by atoms with Crippen LogP contribution in [0, 0.1) is 3.57 Å². The second-order valence-corrected chi connectivity index (χ2v) is 6.37. The van der Waals surface area contributed by atoms with Gasteiger partial charge in [-0.1, -0.05) is 26.7 Å². The van der Waals surface area contributed by atoms with Crippen LogP contribution in [0.5, 0.6) is 5.95 Å². The SMILES string of the molecule is CCCCOc1oc2ccc(I)cc2c(=O)c1CCC.NC(=O)O. The number of hydrogen-bond acceptors (Lipinski definition) is 4. The molecule has 6 nitrogen and oxygen atoms in total. The first kappa shape index (κ1) is 20.3. The van der Waals surface area contributed by atoms with E-state index in [1.165, 1.54) is 0 Å². The molecular formula is C17H22INO5. The molecular weight excluding hydrogens is 425 g/mol. The van der Waals surface area contributed by atoms with Crippen LogP contribution in [-0.4, -0.2) is 17.8 Å². The van der Waals surface area contributed by atoms with Crippen molar-refractivity contribution in [2.45, 2.75) is 39.5 Å². The van der Waals surface area contributed by atoms with Crippen molar-refractivity contribution in [3.05, 3.63) is 37.6 Å². The maximum absolute atomic E-state index is 12.6. The Balaban J connectivity index is 0.000000648. The van der Waals surface area contributed by atoms with E-state index in [0.717, 1.165) is 22.8 Å². The van der Waals surface area contributed by atoms with Crippen LogP contribution in [0.25, 0.3) is 11.0 Å². The lowest BCUT2D eigenvalue weighted by molar-refractivity contribution is 0.205. The molecule has 1 heterocycles. The summed E-state index contributed by atoms with van der Waals surface area (Å²) in [5, 5.41) is 7.84. The van der Waals surface area contributed by atoms with E-state index in [1.54, 1.807) is 0 Å². The van der Waals surface area contributed by atoms with Crippen molar-refractivity contribution in [3.63, 3.8) is 0 Å². The maximum Gasteiger partial charge on any atom is 0.402 e. The van der Waals surface area contributed by atoms with Crippen molar-refractivity contribution >= 4 is 39.7 Å². The highest BCUT2D eigenvalue weighted by Crippen LogP contribution is 2.24. The summed E-state index contributed by atoms with van der Waals surface area (Å²) in [4.78, 5) is 21.4. The highest BCUT2D eigenvalue weighted by molar-refractivity contribution is 14.1. The zero-order valence-electron chi connectivity index (χ0n) is 13.8. The topological polar surface area (TPSA) is 103 Å². The Bertz CT molecular complexity index is 738. The van der Waals surface area contributed by atoms with Gasteiger partial charge in [0.1, 0.15) is 5.58 Å². The van der Waals surface area contributed by atoms with Gasteiger partial charge in [0, 0.05) is 3.57 Å². The molecule has 0 unspecified atom stereocenters. The Labute approximate surface area is 154 Å². The van der Waals surface area contributed by atoms with Crippen LogP contribution in [0.1, 0.15) is 38.7 Å². The van der Waals surface area contributed by atoms with Gasteiger partial charge >= 0.3 is 6.09 Å². The summed E-state index contributed by atoms with van der Waals surface area (Å²) in [7, 11) is 0. The Morgan fingerprint density at radius 1 is 1.33 bits per heavy atom. The minimum Gasteiger partial charge on any atom is -0.465 e. The number of unbranched alkanes of at least 4 members (excludes halogenated alkanes) is 1. The molecule has 0 saturated heterocycles. The number of amides is 1. The fourth-order valence-corrected chi connectivity index (χ4v) is 2.57. The molecule has 0 aliphatic heterocycles. The van der Waals surface area contributed by atoms with Gasteiger partial charge in [-0.15, -0.1) is 0 Å². The average Bonchev–Trinajstić information content (AvgIpc) is 2.51. The predicted octanol–water partition coefficient (Wildman–Crippen LogP) is 4.15. The summed E-state index contributed by atoms with van der Waals surface area (Å²) >= 11 is 2.20. The van der Waals surface area contributed by atoms with E-state index < -0.39 is 6.09 Å². The largest absolute Gasteiger partial charge is 0.465 e. The van der Waals surface area contributed by atoms with Crippen LogP contribution >= 0.6 is 22.6 Å². The van der Waals surface area contributed by atoms with Crippen LogP contribution < -0.4 is 15.9 Å². The summed E-state index contributed by atoms with van der Waals surface area (Å²) < 4.78 is 12.5. The quantitative estimate of drug-likeness (QED) is 0.512. The van der Waals surface area contributed by atoms with Crippen LogP contribution in [0.3, 0.4) is 0 Å². The molecule has 3 N–H and O–H groups in total. The number of ether oxygens (including phenoxy) is 1. The van der Waals surface area contributed by atoms with Gasteiger partial charge < -0.3 is 20.0 Å². The van der Waals surface area contributed by atoms with Crippen molar-refractivity contribution in [3.8, 4) is 5.95 Å². The molecule has 1 aromatic heterocycles. The third-order valence-corrected chi connectivity index (χ3v) is 3.81. The van der Waals surface area contributed by atoms with E-state index in [1.807, 2.05) is 25.1 Å². The molecule has 2 rings (SSSR count). The van der Waals surface area contributed by atoms with Gasteiger partial charge in [0.25, 0.3) is 5.95 Å². The summed E-state index contributed by atoms with van der Waals surface area (Å²) in [5.41, 5.74) is 5.33.